The lowest BCUT2D eigenvalue weighted by Gasteiger charge is -2.60. The summed E-state index contributed by atoms with van der Waals surface area (Å²) in [4.78, 5) is 0. The van der Waals surface area contributed by atoms with Gasteiger partial charge in [0.1, 0.15) is 0 Å². The Morgan fingerprint density at radius 1 is 0.950 bits per heavy atom. The second kappa shape index (κ2) is 5.99. The summed E-state index contributed by atoms with van der Waals surface area (Å²) in [5.74, 6) is 4.12. The van der Waals surface area contributed by atoms with Crippen molar-refractivity contribution < 1.29 is 0 Å². The summed E-state index contributed by atoms with van der Waals surface area (Å²) in [6.45, 7) is 8.41. The summed E-state index contributed by atoms with van der Waals surface area (Å²) < 4.78 is 0. The molecule has 1 nitrogen and oxygen atoms in total. The first-order chi connectivity index (χ1) is 9.66. The van der Waals surface area contributed by atoms with E-state index in [9.17, 15) is 0 Å². The van der Waals surface area contributed by atoms with Gasteiger partial charge in [-0.2, -0.15) is 0 Å². The lowest BCUT2D eigenvalue weighted by Crippen LogP contribution is -2.58. The molecule has 0 aromatic carbocycles. The molecule has 4 saturated carbocycles. The second-order valence-corrected chi connectivity index (χ2v) is 8.48. The quantitative estimate of drug-likeness (QED) is 0.690. The van der Waals surface area contributed by atoms with Crippen LogP contribution in [-0.4, -0.2) is 12.6 Å². The van der Waals surface area contributed by atoms with Crippen LogP contribution in [0.25, 0.3) is 0 Å². The van der Waals surface area contributed by atoms with Crippen LogP contribution >= 0.6 is 0 Å². The maximum absolute atomic E-state index is 4.01. The highest BCUT2D eigenvalue weighted by Crippen LogP contribution is 2.62. The molecule has 0 saturated heterocycles. The van der Waals surface area contributed by atoms with E-state index < -0.39 is 0 Å². The van der Waals surface area contributed by atoms with Crippen molar-refractivity contribution in [2.24, 2.45) is 29.1 Å². The van der Waals surface area contributed by atoms with E-state index in [1.165, 1.54) is 25.8 Å². The molecule has 0 aromatic rings. The van der Waals surface area contributed by atoms with E-state index in [1.807, 2.05) is 0 Å². The van der Waals surface area contributed by atoms with E-state index in [0.717, 1.165) is 29.7 Å². The zero-order chi connectivity index (χ0) is 14.2. The minimum atomic E-state index is 0.679. The van der Waals surface area contributed by atoms with Crippen LogP contribution in [0.1, 0.15) is 78.6 Å². The zero-order valence-electron chi connectivity index (χ0n) is 14.0. The first kappa shape index (κ1) is 14.9. The zero-order valence-corrected chi connectivity index (χ0v) is 14.0. The van der Waals surface area contributed by atoms with E-state index in [2.05, 4.69) is 26.1 Å². The molecule has 0 aliphatic heterocycles. The molecule has 4 bridgehead atoms. The van der Waals surface area contributed by atoms with Crippen LogP contribution in [0, 0.1) is 29.1 Å². The van der Waals surface area contributed by atoms with E-state index in [4.69, 9.17) is 0 Å². The van der Waals surface area contributed by atoms with Gasteiger partial charge >= 0.3 is 0 Å². The van der Waals surface area contributed by atoms with Gasteiger partial charge in [-0.3, -0.25) is 0 Å². The largest absolute Gasteiger partial charge is 0.313 e. The van der Waals surface area contributed by atoms with Gasteiger partial charge in [0.2, 0.25) is 0 Å². The van der Waals surface area contributed by atoms with E-state index in [0.29, 0.717) is 5.41 Å². The van der Waals surface area contributed by atoms with Crippen LogP contribution in [0.5, 0.6) is 0 Å². The predicted molar refractivity (Wildman–Crippen MR) is 86.8 cm³/mol. The van der Waals surface area contributed by atoms with Crippen LogP contribution in [0.3, 0.4) is 0 Å². The first-order valence-corrected chi connectivity index (χ1v) is 9.40. The predicted octanol–water partition coefficient (Wildman–Crippen LogP) is 5.01. The molecule has 0 aromatic heterocycles. The van der Waals surface area contributed by atoms with Gasteiger partial charge in [0.25, 0.3) is 0 Å². The average molecular weight is 277 g/mol. The Bertz CT molecular complexity index is 286. The highest BCUT2D eigenvalue weighted by molar-refractivity contribution is 5.07. The topological polar surface area (TPSA) is 12.0 Å². The Kier molecular flexibility index (Phi) is 4.45. The van der Waals surface area contributed by atoms with Crippen LogP contribution < -0.4 is 5.32 Å². The maximum atomic E-state index is 4.01. The molecule has 2 unspecified atom stereocenters. The smallest absolute Gasteiger partial charge is 0.0149 e. The van der Waals surface area contributed by atoms with Gasteiger partial charge in [0.15, 0.2) is 0 Å². The fourth-order valence-electron chi connectivity index (χ4n) is 6.50. The van der Waals surface area contributed by atoms with Crippen LogP contribution in [0.2, 0.25) is 0 Å². The summed E-state index contributed by atoms with van der Waals surface area (Å²) in [6.07, 6.45) is 13.4. The van der Waals surface area contributed by atoms with Crippen molar-refractivity contribution in [3.05, 3.63) is 0 Å². The number of rotatable bonds is 7. The number of hydrogen-bond donors (Lipinski definition) is 1. The van der Waals surface area contributed by atoms with Gasteiger partial charge in [-0.25, -0.2) is 0 Å². The van der Waals surface area contributed by atoms with Crippen molar-refractivity contribution in [1.82, 2.24) is 5.32 Å². The van der Waals surface area contributed by atoms with E-state index in [1.54, 1.807) is 38.5 Å². The molecule has 20 heavy (non-hydrogen) atoms. The molecule has 4 rings (SSSR count). The molecule has 4 aliphatic rings. The van der Waals surface area contributed by atoms with Crippen LogP contribution in [-0.2, 0) is 0 Å². The van der Waals surface area contributed by atoms with Gasteiger partial charge < -0.3 is 5.32 Å². The van der Waals surface area contributed by atoms with E-state index in [-0.39, 0.29) is 0 Å². The molecule has 1 heteroatoms. The van der Waals surface area contributed by atoms with Crippen molar-refractivity contribution in [2.75, 3.05) is 6.54 Å². The molecular formula is C19H35N. The lowest BCUT2D eigenvalue weighted by atomic mass is 9.46. The summed E-state index contributed by atoms with van der Waals surface area (Å²) in [5, 5.41) is 4.01. The number of nitrogens with one attached hydrogen (secondary N) is 1. The fourth-order valence-corrected chi connectivity index (χ4v) is 6.50. The average Bonchev–Trinajstić information content (AvgIpc) is 2.37. The summed E-state index contributed by atoms with van der Waals surface area (Å²) in [7, 11) is 0. The van der Waals surface area contributed by atoms with Gasteiger partial charge in [-0.05, 0) is 87.0 Å². The Hall–Kier alpha value is -0.0400. The molecular weight excluding hydrogens is 242 g/mol. The number of hydrogen-bond acceptors (Lipinski definition) is 1. The minimum Gasteiger partial charge on any atom is -0.313 e. The van der Waals surface area contributed by atoms with Gasteiger partial charge in [-0.1, -0.05) is 27.2 Å². The Labute approximate surface area is 126 Å². The molecule has 0 amide bonds. The molecule has 4 aliphatic carbocycles. The summed E-state index contributed by atoms with van der Waals surface area (Å²) in [6, 6.07) is 0.802. The maximum Gasteiger partial charge on any atom is 0.0149 e. The molecule has 0 spiro atoms. The summed E-state index contributed by atoms with van der Waals surface area (Å²) >= 11 is 0. The van der Waals surface area contributed by atoms with Gasteiger partial charge in [0.05, 0.1) is 0 Å². The molecule has 0 radical (unpaired) electrons. The molecule has 116 valence electrons. The third-order valence-electron chi connectivity index (χ3n) is 6.67. The Morgan fingerprint density at radius 3 is 1.95 bits per heavy atom. The second-order valence-electron chi connectivity index (χ2n) is 8.48. The standard InChI is InChI=1S/C19H35N/c1-4-6-14(3)18(20-7-5-2)19-11-15-8-16(12-19)10-17(9-15)13-19/h14-18,20H,4-13H2,1-3H3. The van der Waals surface area contributed by atoms with Crippen LogP contribution in [0.15, 0.2) is 0 Å². The molecule has 0 heterocycles. The van der Waals surface area contributed by atoms with Crippen molar-refractivity contribution in [2.45, 2.75) is 84.6 Å². The lowest BCUT2D eigenvalue weighted by molar-refractivity contribution is -0.0841. The van der Waals surface area contributed by atoms with E-state index >= 15 is 0 Å². The minimum absolute atomic E-state index is 0.679. The molecule has 4 fully saturated rings. The van der Waals surface area contributed by atoms with Crippen molar-refractivity contribution >= 4 is 0 Å². The summed E-state index contributed by atoms with van der Waals surface area (Å²) in [5.41, 5.74) is 0.679. The van der Waals surface area contributed by atoms with Crippen molar-refractivity contribution in [3.8, 4) is 0 Å². The highest BCUT2D eigenvalue weighted by Gasteiger charge is 2.54. The SMILES string of the molecule is CCCNC(C(C)CCC)C12CC3CC(CC(C3)C1)C2. The Morgan fingerprint density at radius 2 is 1.50 bits per heavy atom. The Balaban J connectivity index is 1.78. The van der Waals surface area contributed by atoms with Crippen molar-refractivity contribution in [3.63, 3.8) is 0 Å². The normalized spacial score (nSPS) is 41.9. The van der Waals surface area contributed by atoms with Crippen molar-refractivity contribution in [1.29, 1.82) is 0 Å². The van der Waals surface area contributed by atoms with Gasteiger partial charge in [-0.15, -0.1) is 0 Å². The highest BCUT2D eigenvalue weighted by atomic mass is 14.9. The molecule has 2 atom stereocenters. The van der Waals surface area contributed by atoms with Gasteiger partial charge in [0, 0.05) is 6.04 Å². The fraction of sp³-hybridized carbons (Fsp3) is 1.00. The first-order valence-electron chi connectivity index (χ1n) is 9.40. The monoisotopic (exact) mass is 277 g/mol. The van der Waals surface area contributed by atoms with Crippen LogP contribution in [0.4, 0.5) is 0 Å². The molecule has 1 N–H and O–H groups in total. The third kappa shape index (κ3) is 2.67. The third-order valence-corrected chi connectivity index (χ3v) is 6.67.